The van der Waals surface area contributed by atoms with E-state index in [-0.39, 0.29) is 5.91 Å². The summed E-state index contributed by atoms with van der Waals surface area (Å²) in [5, 5.41) is 9.52. The Balaban J connectivity index is 0.000000155. The first-order chi connectivity index (χ1) is 17.2. The minimum atomic E-state index is 0.133. The zero-order chi connectivity index (χ0) is 24.6. The van der Waals surface area contributed by atoms with Crippen LogP contribution in [0.25, 0.3) is 21.8 Å². The maximum Gasteiger partial charge on any atom is 0.270 e. The molecule has 0 bridgehead atoms. The van der Waals surface area contributed by atoms with Crippen LogP contribution in [-0.2, 0) is 0 Å². The van der Waals surface area contributed by atoms with Crippen LogP contribution in [0.5, 0.6) is 0 Å². The van der Waals surface area contributed by atoms with Gasteiger partial charge in [0.15, 0.2) is 0 Å². The summed E-state index contributed by atoms with van der Waals surface area (Å²) in [5.74, 6) is 0.877. The van der Waals surface area contributed by atoms with Gasteiger partial charge in [0.2, 0.25) is 0 Å². The van der Waals surface area contributed by atoms with Gasteiger partial charge in [0.05, 0.1) is 0 Å². The predicted octanol–water partition coefficient (Wildman–Crippen LogP) is 5.38. The number of H-pyrrole nitrogens is 2. The van der Waals surface area contributed by atoms with Crippen molar-refractivity contribution in [2.24, 2.45) is 0 Å². The van der Waals surface area contributed by atoms with Gasteiger partial charge in [-0.15, -0.1) is 0 Å². The highest BCUT2D eigenvalue weighted by Crippen LogP contribution is 2.32. The largest absolute Gasteiger partial charge is 0.400 e. The van der Waals surface area contributed by atoms with Crippen LogP contribution in [-0.4, -0.2) is 70.6 Å². The molecule has 0 saturated carbocycles. The smallest absolute Gasteiger partial charge is 0.270 e. The molecule has 0 radical (unpaired) electrons. The van der Waals surface area contributed by atoms with Crippen LogP contribution < -0.4 is 0 Å². The van der Waals surface area contributed by atoms with Gasteiger partial charge in [0.25, 0.3) is 5.91 Å². The molecular weight excluding hydrogens is 436 g/mol. The van der Waals surface area contributed by atoms with Gasteiger partial charge in [0, 0.05) is 48.2 Å². The lowest BCUT2D eigenvalue weighted by Gasteiger charge is -2.30. The second-order valence-corrected chi connectivity index (χ2v) is 9.27. The number of aliphatic hydroxyl groups is 1. The van der Waals surface area contributed by atoms with Crippen LogP contribution in [0.1, 0.15) is 54.6 Å². The SMILES string of the molecule is CCN1CCC(c2c[nH]c3ccccc23)CC1.CO.O=C(c1cc2ccccc2[nH]1)N1CCCC1. The third-order valence-corrected chi connectivity index (χ3v) is 7.25. The lowest BCUT2D eigenvalue weighted by atomic mass is 9.89. The van der Waals surface area contributed by atoms with Crippen molar-refractivity contribution in [1.29, 1.82) is 0 Å². The number of para-hydroxylation sites is 2. The molecule has 1 amide bonds. The second-order valence-electron chi connectivity index (χ2n) is 9.27. The molecule has 186 valence electrons. The average molecular weight is 475 g/mol. The van der Waals surface area contributed by atoms with Crippen molar-refractivity contribution in [2.75, 3.05) is 39.8 Å². The summed E-state index contributed by atoms with van der Waals surface area (Å²) in [4.78, 5) is 23.2. The van der Waals surface area contributed by atoms with E-state index in [1.807, 2.05) is 35.2 Å². The molecule has 2 aromatic heterocycles. The number of nitrogens with one attached hydrogen (secondary N) is 2. The molecule has 6 rings (SSSR count). The van der Waals surface area contributed by atoms with Gasteiger partial charge in [-0.3, -0.25) is 4.79 Å². The monoisotopic (exact) mass is 474 g/mol. The number of rotatable bonds is 3. The first-order valence-corrected chi connectivity index (χ1v) is 12.8. The van der Waals surface area contributed by atoms with Gasteiger partial charge in [-0.05, 0) is 75.0 Å². The Morgan fingerprint density at radius 1 is 0.943 bits per heavy atom. The zero-order valence-corrected chi connectivity index (χ0v) is 21.0. The van der Waals surface area contributed by atoms with E-state index >= 15 is 0 Å². The van der Waals surface area contributed by atoms with E-state index in [0.717, 1.165) is 49.9 Å². The van der Waals surface area contributed by atoms with Gasteiger partial charge >= 0.3 is 0 Å². The number of aromatic amines is 2. The first-order valence-electron chi connectivity index (χ1n) is 12.8. The van der Waals surface area contributed by atoms with Gasteiger partial charge in [-0.2, -0.15) is 0 Å². The molecule has 0 aliphatic carbocycles. The number of hydrogen-bond acceptors (Lipinski definition) is 3. The molecule has 4 aromatic rings. The fourth-order valence-electron chi connectivity index (χ4n) is 5.27. The summed E-state index contributed by atoms with van der Waals surface area (Å²) in [7, 11) is 1.00. The number of aliphatic hydroxyl groups excluding tert-OH is 1. The van der Waals surface area contributed by atoms with E-state index in [2.05, 4.69) is 52.3 Å². The van der Waals surface area contributed by atoms with Crippen molar-refractivity contribution in [3.05, 3.63) is 72.1 Å². The van der Waals surface area contributed by atoms with Crippen molar-refractivity contribution in [1.82, 2.24) is 19.8 Å². The molecule has 35 heavy (non-hydrogen) atoms. The Bertz CT molecular complexity index is 1180. The molecule has 0 spiro atoms. The van der Waals surface area contributed by atoms with Gasteiger partial charge in [-0.25, -0.2) is 0 Å². The molecule has 2 saturated heterocycles. The van der Waals surface area contributed by atoms with E-state index in [9.17, 15) is 4.79 Å². The van der Waals surface area contributed by atoms with Crippen molar-refractivity contribution in [3.8, 4) is 0 Å². The maximum atomic E-state index is 12.1. The summed E-state index contributed by atoms with van der Waals surface area (Å²) < 4.78 is 0. The van der Waals surface area contributed by atoms with E-state index < -0.39 is 0 Å². The molecule has 6 nitrogen and oxygen atoms in total. The highest BCUT2D eigenvalue weighted by atomic mass is 16.2. The third kappa shape index (κ3) is 5.77. The topological polar surface area (TPSA) is 75.4 Å². The van der Waals surface area contributed by atoms with Crippen molar-refractivity contribution < 1.29 is 9.90 Å². The van der Waals surface area contributed by atoms with E-state index in [4.69, 9.17) is 5.11 Å². The molecular formula is C29H38N4O2. The molecule has 6 heteroatoms. The van der Waals surface area contributed by atoms with Crippen LogP contribution in [0.2, 0.25) is 0 Å². The van der Waals surface area contributed by atoms with Crippen LogP contribution in [0, 0.1) is 0 Å². The molecule has 3 N–H and O–H groups in total. The maximum absolute atomic E-state index is 12.1. The van der Waals surface area contributed by atoms with Gasteiger partial charge in [0.1, 0.15) is 5.69 Å². The van der Waals surface area contributed by atoms with E-state index in [0.29, 0.717) is 5.69 Å². The standard InChI is InChI=1S/C15H20N2.C13H14N2O.CH4O/c1-2-17-9-7-12(8-10-17)14-11-16-15-6-4-3-5-13(14)15;16-13(15-7-3-4-8-15)12-9-10-5-1-2-6-11(10)14-12;1-2/h3-6,11-12,16H,2,7-10H2,1H3;1-2,5-6,9,14H,3-4,7-8H2;2H,1H3. The Hall–Kier alpha value is -3.09. The normalized spacial score (nSPS) is 16.6. The minimum absolute atomic E-state index is 0.133. The molecule has 4 heterocycles. The Morgan fingerprint density at radius 2 is 1.60 bits per heavy atom. The molecule has 0 unspecified atom stereocenters. The Morgan fingerprint density at radius 3 is 2.29 bits per heavy atom. The van der Waals surface area contributed by atoms with Gasteiger partial charge in [-0.1, -0.05) is 43.3 Å². The second kappa shape index (κ2) is 12.0. The molecule has 0 atom stereocenters. The lowest BCUT2D eigenvalue weighted by molar-refractivity contribution is 0.0788. The lowest BCUT2D eigenvalue weighted by Crippen LogP contribution is -2.32. The average Bonchev–Trinajstić information content (AvgIpc) is 3.69. The van der Waals surface area contributed by atoms with Crippen LogP contribution >= 0.6 is 0 Å². The minimum Gasteiger partial charge on any atom is -0.400 e. The summed E-state index contributed by atoms with van der Waals surface area (Å²) in [5.41, 5.74) is 4.55. The predicted molar refractivity (Wildman–Crippen MR) is 144 cm³/mol. The summed E-state index contributed by atoms with van der Waals surface area (Å²) in [6.07, 6.45) is 7.08. The number of carbonyl (C=O) groups is 1. The van der Waals surface area contributed by atoms with Gasteiger partial charge < -0.3 is 24.9 Å². The highest BCUT2D eigenvalue weighted by molar-refractivity contribution is 5.98. The number of amides is 1. The number of benzene rings is 2. The summed E-state index contributed by atoms with van der Waals surface area (Å²) in [6.45, 7) is 7.75. The molecule has 2 aromatic carbocycles. The zero-order valence-electron chi connectivity index (χ0n) is 21.0. The Labute approximate surface area is 207 Å². The van der Waals surface area contributed by atoms with Crippen molar-refractivity contribution in [2.45, 2.75) is 38.5 Å². The highest BCUT2D eigenvalue weighted by Gasteiger charge is 2.22. The fourth-order valence-corrected chi connectivity index (χ4v) is 5.27. The quantitative estimate of drug-likeness (QED) is 0.373. The van der Waals surface area contributed by atoms with Crippen molar-refractivity contribution >= 4 is 27.7 Å². The number of piperidine rings is 1. The van der Waals surface area contributed by atoms with Crippen molar-refractivity contribution in [3.63, 3.8) is 0 Å². The number of fused-ring (bicyclic) bond motifs is 2. The molecule has 2 aliphatic rings. The van der Waals surface area contributed by atoms with Crippen LogP contribution in [0.3, 0.4) is 0 Å². The van der Waals surface area contributed by atoms with E-state index in [1.165, 1.54) is 48.9 Å². The number of carbonyl (C=O) groups excluding carboxylic acids is 1. The Kier molecular flexibility index (Phi) is 8.61. The first kappa shape index (κ1) is 25.0. The number of aromatic nitrogens is 2. The number of hydrogen-bond donors (Lipinski definition) is 3. The molecule has 2 fully saturated rings. The van der Waals surface area contributed by atoms with E-state index in [1.54, 1.807) is 0 Å². The fraction of sp³-hybridized carbons (Fsp3) is 0.414. The van der Waals surface area contributed by atoms with Crippen LogP contribution in [0.4, 0.5) is 0 Å². The summed E-state index contributed by atoms with van der Waals surface area (Å²) in [6, 6.07) is 18.6. The number of nitrogens with zero attached hydrogens (tertiary/aromatic N) is 2. The third-order valence-electron chi connectivity index (χ3n) is 7.25. The number of likely N-dealkylation sites (tertiary alicyclic amines) is 2. The van der Waals surface area contributed by atoms with Crippen LogP contribution in [0.15, 0.2) is 60.8 Å². The molecule has 2 aliphatic heterocycles. The summed E-state index contributed by atoms with van der Waals surface area (Å²) >= 11 is 0.